The second-order valence-corrected chi connectivity index (χ2v) is 3.72. The molecule has 1 fully saturated rings. The smallest absolute Gasteiger partial charge is 0.322 e. The Morgan fingerprint density at radius 2 is 2.20 bits per heavy atom. The van der Waals surface area contributed by atoms with Crippen LogP contribution in [0, 0.1) is 0 Å². The van der Waals surface area contributed by atoms with Gasteiger partial charge in [0.2, 0.25) is 0 Å². The van der Waals surface area contributed by atoms with Crippen molar-refractivity contribution in [1.29, 1.82) is 0 Å². The minimum Gasteiger partial charge on any atom is -0.330 e. The molecule has 3 amide bonds. The summed E-state index contributed by atoms with van der Waals surface area (Å²) >= 11 is 0. The summed E-state index contributed by atoms with van der Waals surface area (Å²) in [5.74, 6) is -0.331. The van der Waals surface area contributed by atoms with Gasteiger partial charge >= 0.3 is 6.03 Å². The second kappa shape index (κ2) is 3.38. The van der Waals surface area contributed by atoms with Crippen molar-refractivity contribution >= 4 is 11.9 Å². The highest BCUT2D eigenvalue weighted by Gasteiger charge is 2.33. The van der Waals surface area contributed by atoms with Gasteiger partial charge in [0.1, 0.15) is 0 Å². The van der Waals surface area contributed by atoms with Crippen LogP contribution in [-0.4, -0.2) is 21.5 Å². The summed E-state index contributed by atoms with van der Waals surface area (Å²) in [4.78, 5) is 26.4. The molecular weight excluding hydrogens is 196 g/mol. The van der Waals surface area contributed by atoms with Crippen molar-refractivity contribution < 1.29 is 9.59 Å². The maximum absolute atomic E-state index is 11.4. The van der Waals surface area contributed by atoms with Crippen LogP contribution >= 0.6 is 0 Å². The average Bonchev–Trinajstić information content (AvgIpc) is 2.71. The van der Waals surface area contributed by atoms with Crippen LogP contribution in [0.15, 0.2) is 12.5 Å². The molecule has 1 aromatic heterocycles. The Labute approximate surface area is 86.7 Å². The maximum atomic E-state index is 11.4. The molecule has 0 aromatic carbocycles. The van der Waals surface area contributed by atoms with Crippen LogP contribution in [0.4, 0.5) is 4.79 Å². The van der Waals surface area contributed by atoms with Gasteiger partial charge in [0.15, 0.2) is 6.04 Å². The molecule has 0 spiro atoms. The van der Waals surface area contributed by atoms with E-state index >= 15 is 0 Å². The lowest BCUT2D eigenvalue weighted by Gasteiger charge is -2.14. The van der Waals surface area contributed by atoms with Gasteiger partial charge in [-0.25, -0.2) is 9.78 Å². The molecule has 1 atom stereocenters. The average molecular weight is 208 g/mol. The molecular formula is C9H12N4O2. The Kier molecular flexibility index (Phi) is 2.18. The van der Waals surface area contributed by atoms with Crippen molar-refractivity contribution in [3.63, 3.8) is 0 Å². The highest BCUT2D eigenvalue weighted by Crippen LogP contribution is 2.19. The number of hydrogen-bond acceptors (Lipinski definition) is 3. The Morgan fingerprint density at radius 1 is 1.47 bits per heavy atom. The molecule has 1 aliphatic heterocycles. The third kappa shape index (κ3) is 1.58. The van der Waals surface area contributed by atoms with E-state index in [1.807, 2.05) is 18.4 Å². The molecule has 1 aliphatic rings. The zero-order valence-corrected chi connectivity index (χ0v) is 8.52. The van der Waals surface area contributed by atoms with Gasteiger partial charge in [-0.2, -0.15) is 0 Å². The lowest BCUT2D eigenvalue weighted by atomic mass is 10.2. The van der Waals surface area contributed by atoms with Gasteiger partial charge in [0.25, 0.3) is 5.91 Å². The lowest BCUT2D eigenvalue weighted by molar-refractivity contribution is -0.120. The molecule has 6 heteroatoms. The minimum absolute atomic E-state index is 0.202. The highest BCUT2D eigenvalue weighted by atomic mass is 16.2. The monoisotopic (exact) mass is 208 g/mol. The van der Waals surface area contributed by atoms with Crippen LogP contribution in [0.3, 0.4) is 0 Å². The first-order valence-electron chi connectivity index (χ1n) is 4.72. The van der Waals surface area contributed by atoms with Gasteiger partial charge in [-0.05, 0) is 13.8 Å². The molecule has 0 saturated carbocycles. The molecule has 0 bridgehead atoms. The number of amides is 3. The van der Waals surface area contributed by atoms with Gasteiger partial charge in [0, 0.05) is 6.04 Å². The van der Waals surface area contributed by atoms with Gasteiger partial charge in [-0.15, -0.1) is 0 Å². The molecule has 0 aliphatic carbocycles. The number of nitrogens with zero attached hydrogens (tertiary/aromatic N) is 2. The fourth-order valence-electron chi connectivity index (χ4n) is 1.59. The Bertz CT molecular complexity index is 410. The molecule has 2 rings (SSSR count). The lowest BCUT2D eigenvalue weighted by Crippen LogP contribution is -2.23. The molecule has 1 saturated heterocycles. The molecule has 15 heavy (non-hydrogen) atoms. The Balaban J connectivity index is 2.33. The quantitative estimate of drug-likeness (QED) is 0.688. The standard InChI is InChI=1S/C9H12N4O2/c1-5(2)13-4-10-3-6(13)7-8(14)12-9(15)11-7/h3-5,7H,1-2H3,(H2,11,12,14,15). The van der Waals surface area contributed by atoms with E-state index in [-0.39, 0.29) is 11.9 Å². The Morgan fingerprint density at radius 3 is 2.73 bits per heavy atom. The van der Waals surface area contributed by atoms with Crippen LogP contribution in [-0.2, 0) is 4.79 Å². The van der Waals surface area contributed by atoms with E-state index in [4.69, 9.17) is 0 Å². The van der Waals surface area contributed by atoms with E-state index in [2.05, 4.69) is 15.6 Å². The van der Waals surface area contributed by atoms with E-state index in [0.29, 0.717) is 5.69 Å². The van der Waals surface area contributed by atoms with E-state index < -0.39 is 12.1 Å². The number of imidazole rings is 1. The van der Waals surface area contributed by atoms with Gasteiger partial charge in [0.05, 0.1) is 18.2 Å². The predicted molar refractivity (Wildman–Crippen MR) is 52.0 cm³/mol. The first kappa shape index (κ1) is 9.70. The summed E-state index contributed by atoms with van der Waals surface area (Å²) in [5.41, 5.74) is 0.702. The number of urea groups is 1. The van der Waals surface area contributed by atoms with Crippen LogP contribution in [0.5, 0.6) is 0 Å². The minimum atomic E-state index is -0.623. The predicted octanol–water partition coefficient (Wildman–Crippen LogP) is 0.344. The number of rotatable bonds is 2. The van der Waals surface area contributed by atoms with E-state index in [0.717, 1.165) is 0 Å². The molecule has 1 unspecified atom stereocenters. The van der Waals surface area contributed by atoms with Crippen molar-refractivity contribution in [2.24, 2.45) is 0 Å². The van der Waals surface area contributed by atoms with E-state index in [1.165, 1.54) is 0 Å². The largest absolute Gasteiger partial charge is 0.330 e. The Hall–Kier alpha value is -1.85. The third-order valence-electron chi connectivity index (χ3n) is 2.32. The summed E-state index contributed by atoms with van der Waals surface area (Å²) in [6.07, 6.45) is 3.24. The second-order valence-electron chi connectivity index (χ2n) is 3.72. The number of imide groups is 1. The number of hydrogen-bond donors (Lipinski definition) is 2. The number of carbonyl (C=O) groups excluding carboxylic acids is 2. The van der Waals surface area contributed by atoms with Crippen LogP contribution < -0.4 is 10.6 Å². The number of nitrogens with one attached hydrogen (secondary N) is 2. The SMILES string of the molecule is CC(C)n1cncc1C1NC(=O)NC1=O. The van der Waals surface area contributed by atoms with Crippen molar-refractivity contribution in [1.82, 2.24) is 20.2 Å². The first-order chi connectivity index (χ1) is 7.09. The molecule has 0 radical (unpaired) electrons. The van der Waals surface area contributed by atoms with Crippen molar-refractivity contribution in [3.05, 3.63) is 18.2 Å². The van der Waals surface area contributed by atoms with Crippen molar-refractivity contribution in [2.75, 3.05) is 0 Å². The number of aromatic nitrogens is 2. The fourth-order valence-corrected chi connectivity index (χ4v) is 1.59. The highest BCUT2D eigenvalue weighted by molar-refractivity contribution is 6.04. The van der Waals surface area contributed by atoms with Gasteiger partial charge in [-0.1, -0.05) is 0 Å². The van der Waals surface area contributed by atoms with Crippen LogP contribution in [0.25, 0.3) is 0 Å². The van der Waals surface area contributed by atoms with Crippen LogP contribution in [0.1, 0.15) is 31.6 Å². The zero-order valence-electron chi connectivity index (χ0n) is 8.52. The summed E-state index contributed by atoms with van der Waals surface area (Å²) in [6, 6.07) is -0.878. The molecule has 2 N–H and O–H groups in total. The van der Waals surface area contributed by atoms with Gasteiger partial charge in [-0.3, -0.25) is 10.1 Å². The van der Waals surface area contributed by atoms with E-state index in [9.17, 15) is 9.59 Å². The first-order valence-corrected chi connectivity index (χ1v) is 4.72. The zero-order chi connectivity index (χ0) is 11.0. The molecule has 6 nitrogen and oxygen atoms in total. The van der Waals surface area contributed by atoms with Crippen molar-refractivity contribution in [3.8, 4) is 0 Å². The third-order valence-corrected chi connectivity index (χ3v) is 2.32. The molecule has 1 aromatic rings. The van der Waals surface area contributed by atoms with E-state index in [1.54, 1.807) is 12.5 Å². The summed E-state index contributed by atoms with van der Waals surface area (Å²) in [5, 5.41) is 4.73. The topological polar surface area (TPSA) is 76.0 Å². The normalized spacial score (nSPS) is 20.6. The van der Waals surface area contributed by atoms with Gasteiger partial charge < -0.3 is 9.88 Å². The number of carbonyl (C=O) groups is 2. The fraction of sp³-hybridized carbons (Fsp3) is 0.444. The summed E-state index contributed by atoms with van der Waals surface area (Å²) < 4.78 is 1.86. The van der Waals surface area contributed by atoms with Crippen molar-refractivity contribution in [2.45, 2.75) is 25.9 Å². The summed E-state index contributed by atoms with van der Waals surface area (Å²) in [6.45, 7) is 3.97. The molecule has 80 valence electrons. The maximum Gasteiger partial charge on any atom is 0.322 e. The van der Waals surface area contributed by atoms with Crippen LogP contribution in [0.2, 0.25) is 0 Å². The summed E-state index contributed by atoms with van der Waals surface area (Å²) in [7, 11) is 0. The molecule has 2 heterocycles.